The molecule has 2 aromatic rings. The topological polar surface area (TPSA) is 47.8 Å². The predicted molar refractivity (Wildman–Crippen MR) is 66.3 cm³/mol. The van der Waals surface area contributed by atoms with Crippen LogP contribution in [0.3, 0.4) is 0 Å². The van der Waals surface area contributed by atoms with E-state index in [2.05, 4.69) is 10.1 Å². The van der Waals surface area contributed by atoms with E-state index in [9.17, 15) is 4.79 Å². The predicted octanol–water partition coefficient (Wildman–Crippen LogP) is 3.26. The molecular weight excluding hydrogens is 284 g/mol. The first-order chi connectivity index (χ1) is 7.99. The summed E-state index contributed by atoms with van der Waals surface area (Å²) in [6.45, 7) is 1.74. The van der Waals surface area contributed by atoms with Gasteiger partial charge in [-0.25, -0.2) is 9.67 Å². The summed E-state index contributed by atoms with van der Waals surface area (Å²) in [5, 5.41) is 4.18. The smallest absolute Gasteiger partial charge is 0.271 e. The van der Waals surface area contributed by atoms with Crippen LogP contribution in [0, 0.1) is 6.92 Å². The fourth-order valence-corrected chi connectivity index (χ4v) is 1.96. The lowest BCUT2D eigenvalue weighted by Gasteiger charge is -2.05. The number of halogens is 3. The molecule has 0 N–H and O–H groups in total. The van der Waals surface area contributed by atoms with E-state index in [0.29, 0.717) is 21.6 Å². The third-order valence-electron chi connectivity index (χ3n) is 2.02. The molecule has 7 heteroatoms. The molecule has 0 aliphatic heterocycles. The first-order valence-electron chi connectivity index (χ1n) is 4.57. The van der Waals surface area contributed by atoms with Gasteiger partial charge in [-0.3, -0.25) is 4.79 Å². The van der Waals surface area contributed by atoms with Crippen LogP contribution in [0.1, 0.15) is 16.2 Å². The third kappa shape index (κ3) is 2.44. The molecule has 0 fully saturated rings. The molecule has 0 aliphatic carbocycles. The van der Waals surface area contributed by atoms with Crippen LogP contribution in [-0.2, 0) is 0 Å². The van der Waals surface area contributed by atoms with Crippen molar-refractivity contribution in [2.24, 2.45) is 0 Å². The van der Waals surface area contributed by atoms with Crippen molar-refractivity contribution < 1.29 is 4.79 Å². The molecule has 2 rings (SSSR count). The molecule has 0 radical (unpaired) electrons. The summed E-state index contributed by atoms with van der Waals surface area (Å²) in [6.07, 6.45) is 1.42. The monoisotopic (exact) mass is 289 g/mol. The molecule has 2 aromatic heterocycles. The summed E-state index contributed by atoms with van der Waals surface area (Å²) >= 11 is 17.2. The molecule has 0 aliphatic rings. The fraction of sp³-hybridized carbons (Fsp3) is 0.100. The molecule has 0 saturated heterocycles. The van der Waals surface area contributed by atoms with E-state index >= 15 is 0 Å². The Balaban J connectivity index is 2.63. The van der Waals surface area contributed by atoms with E-state index < -0.39 is 5.24 Å². The number of aromatic nitrogens is 3. The summed E-state index contributed by atoms with van der Waals surface area (Å²) in [5.41, 5.74) is 0.850. The Morgan fingerprint density at radius 3 is 2.65 bits per heavy atom. The zero-order valence-electron chi connectivity index (χ0n) is 8.62. The Morgan fingerprint density at radius 1 is 1.35 bits per heavy atom. The fourth-order valence-electron chi connectivity index (χ4n) is 1.36. The Bertz CT molecular complexity index is 594. The van der Waals surface area contributed by atoms with Crippen molar-refractivity contribution in [2.75, 3.05) is 0 Å². The summed E-state index contributed by atoms with van der Waals surface area (Å²) in [4.78, 5) is 15.3. The van der Waals surface area contributed by atoms with Gasteiger partial charge in [0.15, 0.2) is 5.82 Å². The van der Waals surface area contributed by atoms with Crippen molar-refractivity contribution in [1.82, 2.24) is 14.8 Å². The first kappa shape index (κ1) is 12.4. The van der Waals surface area contributed by atoms with E-state index in [4.69, 9.17) is 34.8 Å². The molecule has 0 amide bonds. The van der Waals surface area contributed by atoms with E-state index in [1.807, 2.05) is 0 Å². The van der Waals surface area contributed by atoms with Gasteiger partial charge in [0, 0.05) is 6.20 Å². The molecule has 4 nitrogen and oxygen atoms in total. The molecule has 0 aromatic carbocycles. The van der Waals surface area contributed by atoms with Crippen LogP contribution < -0.4 is 0 Å². The minimum Gasteiger partial charge on any atom is -0.274 e. The number of carbonyl (C=O) groups is 1. The number of nitrogens with zero attached hydrogens (tertiary/aromatic N) is 3. The third-order valence-corrected chi connectivity index (χ3v) is 2.70. The van der Waals surface area contributed by atoms with E-state index in [1.165, 1.54) is 16.9 Å². The van der Waals surface area contributed by atoms with Crippen LogP contribution in [-0.4, -0.2) is 20.0 Å². The molecule has 2 heterocycles. The number of rotatable bonds is 2. The van der Waals surface area contributed by atoms with Crippen molar-refractivity contribution >= 4 is 40.0 Å². The number of pyridine rings is 1. The lowest BCUT2D eigenvalue weighted by molar-refractivity contribution is 0.107. The molecule has 17 heavy (non-hydrogen) atoms. The van der Waals surface area contributed by atoms with Gasteiger partial charge >= 0.3 is 0 Å². The van der Waals surface area contributed by atoms with Crippen molar-refractivity contribution in [3.63, 3.8) is 0 Å². The SMILES string of the molecule is Cc1cc(C(=O)Cl)n(-c2ncc(Cl)cc2Cl)n1. The second kappa shape index (κ2) is 4.64. The maximum absolute atomic E-state index is 11.2. The zero-order chi connectivity index (χ0) is 12.6. The van der Waals surface area contributed by atoms with Gasteiger partial charge in [-0.1, -0.05) is 23.2 Å². The normalized spacial score (nSPS) is 10.6. The van der Waals surface area contributed by atoms with Gasteiger partial charge in [-0.2, -0.15) is 5.10 Å². The maximum Gasteiger partial charge on any atom is 0.271 e. The van der Waals surface area contributed by atoms with E-state index in [0.717, 1.165) is 0 Å². The van der Waals surface area contributed by atoms with Crippen molar-refractivity contribution in [3.8, 4) is 5.82 Å². The highest BCUT2D eigenvalue weighted by molar-refractivity contribution is 6.67. The van der Waals surface area contributed by atoms with Gasteiger partial charge in [0.1, 0.15) is 5.69 Å². The van der Waals surface area contributed by atoms with Crippen LogP contribution in [0.25, 0.3) is 5.82 Å². The molecule has 0 spiro atoms. The molecule has 0 unspecified atom stereocenters. The highest BCUT2D eigenvalue weighted by Crippen LogP contribution is 2.23. The van der Waals surface area contributed by atoms with Crippen molar-refractivity contribution in [1.29, 1.82) is 0 Å². The average Bonchev–Trinajstić information content (AvgIpc) is 2.60. The summed E-state index contributed by atoms with van der Waals surface area (Å²) in [5.74, 6) is 0.313. The van der Waals surface area contributed by atoms with E-state index in [-0.39, 0.29) is 5.69 Å². The Morgan fingerprint density at radius 2 is 2.06 bits per heavy atom. The Labute approximate surface area is 112 Å². The molecule has 0 atom stereocenters. The molecule has 0 saturated carbocycles. The second-order valence-corrected chi connectivity index (χ2v) is 4.50. The number of hydrogen-bond acceptors (Lipinski definition) is 3. The first-order valence-corrected chi connectivity index (χ1v) is 5.70. The van der Waals surface area contributed by atoms with Crippen LogP contribution >= 0.6 is 34.8 Å². The number of carbonyl (C=O) groups excluding carboxylic acids is 1. The van der Waals surface area contributed by atoms with Crippen LogP contribution in [0.5, 0.6) is 0 Å². The van der Waals surface area contributed by atoms with Gasteiger partial charge in [0.05, 0.1) is 15.7 Å². The van der Waals surface area contributed by atoms with Gasteiger partial charge < -0.3 is 0 Å². The maximum atomic E-state index is 11.2. The van der Waals surface area contributed by atoms with Gasteiger partial charge in [-0.15, -0.1) is 0 Å². The number of hydrogen-bond donors (Lipinski definition) is 0. The van der Waals surface area contributed by atoms with Crippen molar-refractivity contribution in [2.45, 2.75) is 6.92 Å². The quantitative estimate of drug-likeness (QED) is 0.798. The Hall–Kier alpha value is -1.10. The van der Waals surface area contributed by atoms with Crippen molar-refractivity contribution in [3.05, 3.63) is 39.8 Å². The Kier molecular flexibility index (Phi) is 3.38. The minimum atomic E-state index is -0.626. The minimum absolute atomic E-state index is 0.209. The summed E-state index contributed by atoms with van der Waals surface area (Å²) in [7, 11) is 0. The summed E-state index contributed by atoms with van der Waals surface area (Å²) < 4.78 is 1.29. The van der Waals surface area contributed by atoms with Crippen LogP contribution in [0.2, 0.25) is 10.0 Å². The number of aryl methyl sites for hydroxylation is 1. The highest BCUT2D eigenvalue weighted by atomic mass is 35.5. The molecule has 0 bridgehead atoms. The van der Waals surface area contributed by atoms with Crippen LogP contribution in [0.4, 0.5) is 0 Å². The summed E-state index contributed by atoms with van der Waals surface area (Å²) in [6, 6.07) is 3.08. The largest absolute Gasteiger partial charge is 0.274 e. The van der Waals surface area contributed by atoms with Crippen LogP contribution in [0.15, 0.2) is 18.3 Å². The standard InChI is InChI=1S/C10H6Cl3N3O/c1-5-2-8(9(13)17)16(15-5)10-7(12)3-6(11)4-14-10/h2-4H,1H3. The lowest BCUT2D eigenvalue weighted by Crippen LogP contribution is -2.07. The second-order valence-electron chi connectivity index (χ2n) is 3.32. The lowest BCUT2D eigenvalue weighted by atomic mass is 10.4. The van der Waals surface area contributed by atoms with E-state index in [1.54, 1.807) is 13.0 Å². The van der Waals surface area contributed by atoms with Gasteiger partial charge in [0.2, 0.25) is 0 Å². The highest BCUT2D eigenvalue weighted by Gasteiger charge is 2.16. The molecular formula is C10H6Cl3N3O. The van der Waals surface area contributed by atoms with Gasteiger partial charge in [-0.05, 0) is 30.7 Å². The molecule has 88 valence electrons. The zero-order valence-corrected chi connectivity index (χ0v) is 10.9. The average molecular weight is 291 g/mol. The van der Waals surface area contributed by atoms with Gasteiger partial charge in [0.25, 0.3) is 5.24 Å².